The summed E-state index contributed by atoms with van der Waals surface area (Å²) in [6.07, 6.45) is 1.80. The Morgan fingerprint density at radius 3 is 2.37 bits per heavy atom. The first-order chi connectivity index (χ1) is 14.2. The first kappa shape index (κ1) is 23.2. The van der Waals surface area contributed by atoms with Gasteiger partial charge in [0.05, 0.1) is 25.5 Å². The van der Waals surface area contributed by atoms with Crippen LogP contribution in [-0.4, -0.2) is 39.5 Å². The maximum absolute atomic E-state index is 11.4. The van der Waals surface area contributed by atoms with E-state index in [9.17, 15) is 18.3 Å². The van der Waals surface area contributed by atoms with E-state index >= 15 is 0 Å². The second-order valence-electron chi connectivity index (χ2n) is 6.57. The molecule has 0 unspecified atom stereocenters. The van der Waals surface area contributed by atoms with Crippen LogP contribution >= 0.6 is 0 Å². The number of rotatable bonds is 11. The molecule has 0 amide bonds. The van der Waals surface area contributed by atoms with Gasteiger partial charge in [-0.1, -0.05) is 24.3 Å². The Morgan fingerprint density at radius 2 is 1.77 bits per heavy atom. The van der Waals surface area contributed by atoms with Crippen molar-refractivity contribution in [2.24, 2.45) is 0 Å². The zero-order chi connectivity index (χ0) is 22.1. The van der Waals surface area contributed by atoms with Gasteiger partial charge < -0.3 is 14.0 Å². The number of carboxylic acid groups (broad SMARTS) is 1. The minimum Gasteiger partial charge on any atom is -0.493 e. The monoisotopic (exact) mass is 435 g/mol. The fourth-order valence-electron chi connectivity index (χ4n) is 2.71. The van der Waals surface area contributed by atoms with E-state index in [-0.39, 0.29) is 17.7 Å². The standard InChI is InChI=1S/C21H25NO7S/c1-15(22-27-2)20(21(23)24)14-17-7-9-18(10-8-17)28-12-11-16-5-4-6-19(13-16)29-30(3,25)26/h4-10,13,22H,11-12,14H2,1-3H3,(H,23,24). The SMILES string of the molecule is CONC(C)=C(Cc1ccc(OCCc2cccc(OS(C)(=O)=O)c2)cc1)C(=O)O. The smallest absolute Gasteiger partial charge is 0.333 e. The molecule has 0 aliphatic carbocycles. The summed E-state index contributed by atoms with van der Waals surface area (Å²) in [5, 5.41) is 9.37. The number of nitrogens with one attached hydrogen (secondary N) is 1. The van der Waals surface area contributed by atoms with Crippen molar-refractivity contribution in [3.05, 3.63) is 70.9 Å². The fourth-order valence-corrected chi connectivity index (χ4v) is 3.16. The number of hydroxylamine groups is 1. The van der Waals surface area contributed by atoms with E-state index in [0.717, 1.165) is 17.4 Å². The van der Waals surface area contributed by atoms with Gasteiger partial charge in [-0.25, -0.2) is 4.79 Å². The molecule has 162 valence electrons. The first-order valence-corrected chi connectivity index (χ1v) is 10.9. The van der Waals surface area contributed by atoms with Crippen LogP contribution < -0.4 is 14.4 Å². The van der Waals surface area contributed by atoms with Crippen molar-refractivity contribution in [2.75, 3.05) is 20.0 Å². The molecule has 30 heavy (non-hydrogen) atoms. The zero-order valence-corrected chi connectivity index (χ0v) is 17.9. The molecule has 0 heterocycles. The van der Waals surface area contributed by atoms with Crippen molar-refractivity contribution < 1.29 is 32.1 Å². The van der Waals surface area contributed by atoms with Gasteiger partial charge in [0, 0.05) is 18.5 Å². The molecular formula is C21H25NO7S. The molecule has 0 radical (unpaired) electrons. The number of hydrogen-bond donors (Lipinski definition) is 2. The number of allylic oxidation sites excluding steroid dienone is 1. The molecule has 0 aliphatic rings. The Bertz CT molecular complexity index is 998. The summed E-state index contributed by atoms with van der Waals surface area (Å²) < 4.78 is 33.0. The highest BCUT2D eigenvalue weighted by molar-refractivity contribution is 7.86. The van der Waals surface area contributed by atoms with Crippen LogP contribution in [0.25, 0.3) is 0 Å². The molecule has 2 aromatic rings. The predicted molar refractivity (Wildman–Crippen MR) is 112 cm³/mol. The Balaban J connectivity index is 1.93. The van der Waals surface area contributed by atoms with E-state index in [1.165, 1.54) is 7.11 Å². The number of ether oxygens (including phenoxy) is 1. The zero-order valence-electron chi connectivity index (χ0n) is 17.0. The number of benzene rings is 2. The molecule has 0 saturated heterocycles. The van der Waals surface area contributed by atoms with Crippen LogP contribution in [0.2, 0.25) is 0 Å². The minimum atomic E-state index is -3.57. The van der Waals surface area contributed by atoms with Crippen LogP contribution in [0.3, 0.4) is 0 Å². The topological polar surface area (TPSA) is 111 Å². The van der Waals surface area contributed by atoms with E-state index in [1.54, 1.807) is 49.4 Å². The highest BCUT2D eigenvalue weighted by Gasteiger charge is 2.13. The fraction of sp³-hybridized carbons (Fsp3) is 0.286. The number of hydrogen-bond acceptors (Lipinski definition) is 7. The summed E-state index contributed by atoms with van der Waals surface area (Å²) in [6.45, 7) is 2.03. The third kappa shape index (κ3) is 7.76. The summed E-state index contributed by atoms with van der Waals surface area (Å²) >= 11 is 0. The van der Waals surface area contributed by atoms with Gasteiger partial charge in [-0.05, 0) is 42.3 Å². The summed E-state index contributed by atoms with van der Waals surface area (Å²) in [6, 6.07) is 14.0. The largest absolute Gasteiger partial charge is 0.493 e. The quantitative estimate of drug-likeness (QED) is 0.315. The maximum atomic E-state index is 11.4. The molecule has 9 heteroatoms. The lowest BCUT2D eigenvalue weighted by Crippen LogP contribution is -2.16. The molecular weight excluding hydrogens is 410 g/mol. The van der Waals surface area contributed by atoms with Gasteiger partial charge >= 0.3 is 16.1 Å². The van der Waals surface area contributed by atoms with Crippen molar-refractivity contribution in [3.63, 3.8) is 0 Å². The molecule has 2 aromatic carbocycles. The molecule has 0 fully saturated rings. The third-order valence-electron chi connectivity index (χ3n) is 4.08. The van der Waals surface area contributed by atoms with Crippen molar-refractivity contribution in [3.8, 4) is 11.5 Å². The molecule has 0 aromatic heterocycles. The van der Waals surface area contributed by atoms with Gasteiger partial charge in [-0.2, -0.15) is 8.42 Å². The van der Waals surface area contributed by atoms with Crippen molar-refractivity contribution in [1.82, 2.24) is 5.48 Å². The van der Waals surface area contributed by atoms with Gasteiger partial charge in [0.2, 0.25) is 0 Å². The molecule has 0 aliphatic heterocycles. The van der Waals surface area contributed by atoms with Crippen molar-refractivity contribution in [1.29, 1.82) is 0 Å². The van der Waals surface area contributed by atoms with Crippen molar-refractivity contribution in [2.45, 2.75) is 19.8 Å². The average molecular weight is 435 g/mol. The molecule has 0 atom stereocenters. The van der Waals surface area contributed by atoms with Crippen LogP contribution in [0.4, 0.5) is 0 Å². The predicted octanol–water partition coefficient (Wildman–Crippen LogP) is 2.70. The number of aliphatic carboxylic acids is 1. The Labute approximate surface area is 176 Å². The van der Waals surface area contributed by atoms with E-state index in [1.807, 2.05) is 6.07 Å². The third-order valence-corrected chi connectivity index (χ3v) is 4.57. The van der Waals surface area contributed by atoms with Gasteiger partial charge in [0.25, 0.3) is 0 Å². The Kier molecular flexibility index (Phi) is 8.25. The minimum absolute atomic E-state index is 0.210. The molecule has 0 bridgehead atoms. The Hall–Kier alpha value is -3.04. The molecule has 0 spiro atoms. The molecule has 2 N–H and O–H groups in total. The normalized spacial score (nSPS) is 12.1. The maximum Gasteiger partial charge on any atom is 0.333 e. The summed E-state index contributed by atoms with van der Waals surface area (Å²) in [7, 11) is -2.15. The lowest BCUT2D eigenvalue weighted by atomic mass is 10.0. The lowest BCUT2D eigenvalue weighted by Gasteiger charge is -2.11. The van der Waals surface area contributed by atoms with Gasteiger partial charge in [-0.3, -0.25) is 10.3 Å². The van der Waals surface area contributed by atoms with Crippen molar-refractivity contribution >= 4 is 16.1 Å². The number of carbonyl (C=O) groups is 1. The van der Waals surface area contributed by atoms with Crippen LogP contribution in [0.15, 0.2) is 59.8 Å². The van der Waals surface area contributed by atoms with E-state index in [2.05, 4.69) is 5.48 Å². The average Bonchev–Trinajstić information content (AvgIpc) is 2.66. The number of carboxylic acids is 1. The summed E-state index contributed by atoms with van der Waals surface area (Å²) in [4.78, 5) is 16.2. The molecule has 0 saturated carbocycles. The first-order valence-electron chi connectivity index (χ1n) is 9.10. The highest BCUT2D eigenvalue weighted by atomic mass is 32.2. The van der Waals surface area contributed by atoms with Crippen LogP contribution in [-0.2, 0) is 32.6 Å². The van der Waals surface area contributed by atoms with Gasteiger partial charge in [0.15, 0.2) is 0 Å². The molecule has 8 nitrogen and oxygen atoms in total. The van der Waals surface area contributed by atoms with E-state index in [4.69, 9.17) is 13.8 Å². The second-order valence-corrected chi connectivity index (χ2v) is 8.14. The van der Waals surface area contributed by atoms with E-state index < -0.39 is 16.1 Å². The van der Waals surface area contributed by atoms with Gasteiger partial charge in [-0.15, -0.1) is 0 Å². The summed E-state index contributed by atoms with van der Waals surface area (Å²) in [5.74, 6) is -0.103. The Morgan fingerprint density at radius 1 is 1.07 bits per heavy atom. The molecule has 2 rings (SSSR count). The van der Waals surface area contributed by atoms with Gasteiger partial charge in [0.1, 0.15) is 11.5 Å². The van der Waals surface area contributed by atoms with E-state index in [0.29, 0.717) is 24.5 Å². The second kappa shape index (κ2) is 10.7. The van der Waals surface area contributed by atoms with Crippen LogP contribution in [0, 0.1) is 0 Å². The summed E-state index contributed by atoms with van der Waals surface area (Å²) in [5.41, 5.74) is 4.90. The highest BCUT2D eigenvalue weighted by Crippen LogP contribution is 2.18. The lowest BCUT2D eigenvalue weighted by molar-refractivity contribution is -0.132. The van der Waals surface area contributed by atoms with Crippen LogP contribution in [0.1, 0.15) is 18.1 Å². The van der Waals surface area contributed by atoms with Crippen LogP contribution in [0.5, 0.6) is 11.5 Å².